The van der Waals surface area contributed by atoms with Gasteiger partial charge in [0, 0.05) is 6.07 Å². The largest absolute Gasteiger partial charge is 0.494 e. The number of methoxy groups -OCH3 is 3. The van der Waals surface area contributed by atoms with Crippen molar-refractivity contribution in [1.29, 1.82) is 0 Å². The third kappa shape index (κ3) is 2.71. The van der Waals surface area contributed by atoms with Crippen LogP contribution in [-0.4, -0.2) is 43.0 Å². The number of nitrogens with zero attached hydrogens (tertiary/aromatic N) is 2. The zero-order valence-corrected chi connectivity index (χ0v) is 11.8. The molecule has 21 heavy (non-hydrogen) atoms. The van der Waals surface area contributed by atoms with Crippen LogP contribution in [-0.2, 0) is 9.47 Å². The number of aromatic nitrogens is 2. The molecule has 1 aromatic heterocycles. The lowest BCUT2D eigenvalue weighted by Crippen LogP contribution is -2.11. The van der Waals surface area contributed by atoms with E-state index >= 15 is 0 Å². The molecule has 0 fully saturated rings. The summed E-state index contributed by atoms with van der Waals surface area (Å²) in [5.74, 6) is -0.764. The van der Waals surface area contributed by atoms with Crippen molar-refractivity contribution in [3.63, 3.8) is 0 Å². The van der Waals surface area contributed by atoms with Crippen molar-refractivity contribution in [2.45, 2.75) is 0 Å². The van der Waals surface area contributed by atoms with Crippen LogP contribution in [0.1, 0.15) is 21.0 Å². The lowest BCUT2D eigenvalue weighted by Gasteiger charge is -2.10. The maximum atomic E-state index is 11.9. The zero-order chi connectivity index (χ0) is 15.4. The quantitative estimate of drug-likeness (QED) is 0.793. The van der Waals surface area contributed by atoms with E-state index in [-0.39, 0.29) is 11.4 Å². The molecule has 0 saturated carbocycles. The van der Waals surface area contributed by atoms with Gasteiger partial charge in [0.15, 0.2) is 11.4 Å². The number of hydrogen-bond donors (Lipinski definition) is 0. The SMILES string of the molecule is COC(=O)c1cc(C(=O)OC)n(-c2ccccc2OC)n1. The third-order valence-corrected chi connectivity index (χ3v) is 2.81. The first-order chi connectivity index (χ1) is 10.1. The standard InChI is InChI=1S/C14H14N2O5/c1-19-12-7-5-4-6-10(12)16-11(14(18)21-3)8-9(15-16)13(17)20-2/h4-8H,1-3H3. The lowest BCUT2D eigenvalue weighted by molar-refractivity contribution is 0.0585. The van der Waals surface area contributed by atoms with Gasteiger partial charge in [-0.25, -0.2) is 14.3 Å². The maximum absolute atomic E-state index is 11.9. The topological polar surface area (TPSA) is 79.7 Å². The van der Waals surface area contributed by atoms with Gasteiger partial charge >= 0.3 is 11.9 Å². The molecule has 1 heterocycles. The van der Waals surface area contributed by atoms with Crippen LogP contribution in [0.15, 0.2) is 30.3 Å². The molecule has 1 aromatic carbocycles. The van der Waals surface area contributed by atoms with E-state index in [4.69, 9.17) is 9.47 Å². The first-order valence-electron chi connectivity index (χ1n) is 6.02. The van der Waals surface area contributed by atoms with Crippen LogP contribution < -0.4 is 4.74 Å². The minimum Gasteiger partial charge on any atom is -0.494 e. The highest BCUT2D eigenvalue weighted by Gasteiger charge is 2.22. The molecular formula is C14H14N2O5. The van der Waals surface area contributed by atoms with Gasteiger partial charge in [0.25, 0.3) is 0 Å². The molecule has 0 saturated heterocycles. The van der Waals surface area contributed by atoms with E-state index in [1.54, 1.807) is 24.3 Å². The molecule has 7 heteroatoms. The Bertz CT molecular complexity index is 678. The van der Waals surface area contributed by atoms with Crippen LogP contribution in [0.2, 0.25) is 0 Å². The number of esters is 2. The molecule has 0 N–H and O–H groups in total. The Kier molecular flexibility index (Phi) is 4.22. The van der Waals surface area contributed by atoms with Gasteiger partial charge in [-0.1, -0.05) is 12.1 Å². The summed E-state index contributed by atoms with van der Waals surface area (Å²) in [5, 5.41) is 4.09. The van der Waals surface area contributed by atoms with Crippen molar-refractivity contribution in [3.05, 3.63) is 41.7 Å². The first-order valence-corrected chi connectivity index (χ1v) is 6.02. The normalized spacial score (nSPS) is 10.0. The average Bonchev–Trinajstić information content (AvgIpc) is 2.98. The molecule has 0 spiro atoms. The highest BCUT2D eigenvalue weighted by atomic mass is 16.5. The number of rotatable bonds is 4. The number of para-hydroxylation sites is 2. The van der Waals surface area contributed by atoms with E-state index in [2.05, 4.69) is 9.84 Å². The van der Waals surface area contributed by atoms with Crippen molar-refractivity contribution in [3.8, 4) is 11.4 Å². The Labute approximate surface area is 121 Å². The number of hydrogen-bond acceptors (Lipinski definition) is 6. The number of ether oxygens (including phenoxy) is 3. The summed E-state index contributed by atoms with van der Waals surface area (Å²) in [6, 6.07) is 8.28. The fourth-order valence-electron chi connectivity index (χ4n) is 1.82. The minimum atomic E-state index is -0.645. The molecule has 0 atom stereocenters. The molecule has 0 aliphatic carbocycles. The summed E-state index contributed by atoms with van der Waals surface area (Å²) >= 11 is 0. The van der Waals surface area contributed by atoms with Crippen LogP contribution in [0.3, 0.4) is 0 Å². The first kappa shape index (κ1) is 14.6. The molecule has 0 radical (unpaired) electrons. The van der Waals surface area contributed by atoms with E-state index < -0.39 is 11.9 Å². The Hall–Kier alpha value is -2.83. The van der Waals surface area contributed by atoms with E-state index in [1.807, 2.05) is 0 Å². The highest BCUT2D eigenvalue weighted by Crippen LogP contribution is 2.24. The Balaban J connectivity index is 2.63. The third-order valence-electron chi connectivity index (χ3n) is 2.81. The summed E-state index contributed by atoms with van der Waals surface area (Å²) in [6.45, 7) is 0. The van der Waals surface area contributed by atoms with E-state index in [1.165, 1.54) is 32.1 Å². The monoisotopic (exact) mass is 290 g/mol. The summed E-state index contributed by atoms with van der Waals surface area (Å²) in [5.41, 5.74) is 0.613. The predicted octanol–water partition coefficient (Wildman–Crippen LogP) is 1.45. The van der Waals surface area contributed by atoms with Crippen LogP contribution in [0, 0.1) is 0 Å². The van der Waals surface area contributed by atoms with Gasteiger partial charge in [0.2, 0.25) is 0 Å². The second-order valence-corrected chi connectivity index (χ2v) is 3.98. The second kappa shape index (κ2) is 6.08. The van der Waals surface area contributed by atoms with Crippen LogP contribution >= 0.6 is 0 Å². The summed E-state index contributed by atoms with van der Waals surface area (Å²) < 4.78 is 15.8. The van der Waals surface area contributed by atoms with E-state index in [0.717, 1.165) is 0 Å². The number of carbonyl (C=O) groups is 2. The molecule has 0 unspecified atom stereocenters. The fourth-order valence-corrected chi connectivity index (χ4v) is 1.82. The summed E-state index contributed by atoms with van der Waals surface area (Å²) in [4.78, 5) is 23.4. The van der Waals surface area contributed by atoms with Crippen LogP contribution in [0.4, 0.5) is 0 Å². The lowest BCUT2D eigenvalue weighted by atomic mass is 10.3. The molecule has 2 rings (SSSR count). The number of carbonyl (C=O) groups excluding carboxylic acids is 2. The van der Waals surface area contributed by atoms with Crippen molar-refractivity contribution >= 4 is 11.9 Å². The number of benzene rings is 1. The van der Waals surface area contributed by atoms with Gasteiger partial charge in [-0.3, -0.25) is 0 Å². The maximum Gasteiger partial charge on any atom is 0.358 e. The molecular weight excluding hydrogens is 276 g/mol. The van der Waals surface area contributed by atoms with Gasteiger partial charge in [0.1, 0.15) is 11.4 Å². The predicted molar refractivity (Wildman–Crippen MR) is 72.8 cm³/mol. The molecule has 110 valence electrons. The van der Waals surface area contributed by atoms with Gasteiger partial charge in [-0.2, -0.15) is 5.10 Å². The smallest absolute Gasteiger partial charge is 0.358 e. The molecule has 0 bridgehead atoms. The van der Waals surface area contributed by atoms with Crippen LogP contribution in [0.5, 0.6) is 5.75 Å². The van der Waals surface area contributed by atoms with Gasteiger partial charge in [-0.15, -0.1) is 0 Å². The summed E-state index contributed by atoms with van der Waals surface area (Å²) in [6.07, 6.45) is 0. The molecule has 0 amide bonds. The molecule has 0 aliphatic heterocycles. The highest BCUT2D eigenvalue weighted by molar-refractivity contribution is 5.93. The second-order valence-electron chi connectivity index (χ2n) is 3.98. The van der Waals surface area contributed by atoms with Crippen molar-refractivity contribution in [2.75, 3.05) is 21.3 Å². The van der Waals surface area contributed by atoms with Gasteiger partial charge < -0.3 is 14.2 Å². The van der Waals surface area contributed by atoms with Crippen molar-refractivity contribution < 1.29 is 23.8 Å². The van der Waals surface area contributed by atoms with Crippen LogP contribution in [0.25, 0.3) is 5.69 Å². The minimum absolute atomic E-state index is 0.00352. The Morgan fingerprint density at radius 1 is 1.05 bits per heavy atom. The molecule has 2 aromatic rings. The van der Waals surface area contributed by atoms with E-state index in [0.29, 0.717) is 11.4 Å². The van der Waals surface area contributed by atoms with Gasteiger partial charge in [-0.05, 0) is 12.1 Å². The fraction of sp³-hybridized carbons (Fsp3) is 0.214. The van der Waals surface area contributed by atoms with Gasteiger partial charge in [0.05, 0.1) is 21.3 Å². The zero-order valence-electron chi connectivity index (χ0n) is 11.8. The molecule has 7 nitrogen and oxygen atoms in total. The van der Waals surface area contributed by atoms with Crippen molar-refractivity contribution in [2.24, 2.45) is 0 Å². The summed E-state index contributed by atoms with van der Waals surface area (Å²) in [7, 11) is 3.99. The molecule has 0 aliphatic rings. The Morgan fingerprint density at radius 2 is 1.71 bits per heavy atom. The Morgan fingerprint density at radius 3 is 2.33 bits per heavy atom. The average molecular weight is 290 g/mol. The van der Waals surface area contributed by atoms with E-state index in [9.17, 15) is 9.59 Å². The van der Waals surface area contributed by atoms with Crippen molar-refractivity contribution in [1.82, 2.24) is 9.78 Å².